The van der Waals surface area contributed by atoms with E-state index in [1.807, 2.05) is 0 Å². The van der Waals surface area contributed by atoms with E-state index in [4.69, 9.17) is 9.47 Å². The van der Waals surface area contributed by atoms with Gasteiger partial charge in [0.1, 0.15) is 0 Å². The Morgan fingerprint density at radius 3 is 2.05 bits per heavy atom. The van der Waals surface area contributed by atoms with Crippen LogP contribution in [-0.2, 0) is 19.1 Å². The van der Waals surface area contributed by atoms with Crippen LogP contribution in [0.1, 0.15) is 20.3 Å². The molecule has 6 bridgehead atoms. The zero-order valence-electron chi connectivity index (χ0n) is 12.6. The average molecular weight is 367 g/mol. The zero-order chi connectivity index (χ0) is 15.1. The monoisotopic (exact) mass is 366 g/mol. The highest BCUT2D eigenvalue weighted by Crippen LogP contribution is 2.86. The third-order valence-corrected chi connectivity index (χ3v) is 9.17. The van der Waals surface area contributed by atoms with Crippen LogP contribution in [0.3, 0.4) is 0 Å². The predicted octanol–water partition coefficient (Wildman–Crippen LogP) is 2.21. The van der Waals surface area contributed by atoms with Gasteiger partial charge in [-0.05, 0) is 59.7 Å². The molecule has 0 N–H and O–H groups in total. The number of rotatable bonds is 1. The van der Waals surface area contributed by atoms with E-state index < -0.39 is 11.7 Å². The Morgan fingerprint density at radius 1 is 0.864 bits per heavy atom. The molecule has 118 valence electrons. The van der Waals surface area contributed by atoms with Crippen molar-refractivity contribution in [1.82, 2.24) is 0 Å². The van der Waals surface area contributed by atoms with E-state index >= 15 is 0 Å². The second kappa shape index (κ2) is 3.42. The first-order chi connectivity index (χ1) is 10.4. The minimum atomic E-state index is -1.11. The molecule has 7 fully saturated rings. The van der Waals surface area contributed by atoms with Crippen LogP contribution in [-0.4, -0.2) is 22.6 Å². The van der Waals surface area contributed by atoms with E-state index in [0.29, 0.717) is 22.6 Å². The van der Waals surface area contributed by atoms with Crippen LogP contribution in [0.15, 0.2) is 0 Å². The van der Waals surface area contributed by atoms with Gasteiger partial charge in [-0.1, -0.05) is 15.9 Å². The van der Waals surface area contributed by atoms with Crippen LogP contribution in [0.5, 0.6) is 0 Å². The molecular weight excluding hydrogens is 348 g/mol. The maximum Gasteiger partial charge on any atom is 0.323 e. The number of hydrogen-bond donors (Lipinski definition) is 0. The predicted molar refractivity (Wildman–Crippen MR) is 78.5 cm³/mol. The molecule has 0 aromatic heterocycles. The summed E-state index contributed by atoms with van der Waals surface area (Å²) in [5, 5.41) is 0. The molecule has 0 radical (unpaired) electrons. The maximum atomic E-state index is 12.5. The fraction of sp³-hybridized carbons (Fsp3) is 0.882. The summed E-state index contributed by atoms with van der Waals surface area (Å²) in [7, 11) is 0. The van der Waals surface area contributed by atoms with Crippen molar-refractivity contribution >= 4 is 27.9 Å². The summed E-state index contributed by atoms with van der Waals surface area (Å²) in [5.74, 6) is 3.41. The third kappa shape index (κ3) is 1.10. The number of esters is 2. The van der Waals surface area contributed by atoms with Crippen LogP contribution in [0.2, 0.25) is 0 Å². The lowest BCUT2D eigenvalue weighted by atomic mass is 9.71. The molecule has 6 saturated carbocycles. The van der Waals surface area contributed by atoms with Gasteiger partial charge in [-0.25, -0.2) is 0 Å². The van der Waals surface area contributed by atoms with Crippen molar-refractivity contribution in [1.29, 1.82) is 0 Å². The van der Waals surface area contributed by atoms with E-state index in [0.717, 1.165) is 29.6 Å². The van der Waals surface area contributed by atoms with Gasteiger partial charge in [0.05, 0.1) is 0 Å². The molecule has 5 heteroatoms. The quantitative estimate of drug-likeness (QED) is 0.405. The van der Waals surface area contributed by atoms with E-state index in [2.05, 4.69) is 15.9 Å². The molecule has 7 aliphatic rings. The largest absolute Gasteiger partial charge is 0.422 e. The molecular formula is C17H19BrO4. The number of alkyl halides is 1. The second-order valence-corrected chi connectivity index (χ2v) is 9.83. The first-order valence-electron chi connectivity index (χ1n) is 8.50. The highest BCUT2D eigenvalue weighted by Gasteiger charge is 2.84. The summed E-state index contributed by atoms with van der Waals surface area (Å²) in [6.45, 7) is 3.27. The molecule has 1 heterocycles. The summed E-state index contributed by atoms with van der Waals surface area (Å²) in [5.41, 5.74) is 0. The Hall–Kier alpha value is -0.580. The van der Waals surface area contributed by atoms with Crippen molar-refractivity contribution in [3.05, 3.63) is 0 Å². The summed E-state index contributed by atoms with van der Waals surface area (Å²) in [4.78, 5) is 25.7. The normalized spacial score (nSPS) is 62.3. The van der Waals surface area contributed by atoms with Crippen LogP contribution >= 0.6 is 15.9 Å². The molecule has 1 aliphatic heterocycles. The molecule has 0 aromatic rings. The van der Waals surface area contributed by atoms with Gasteiger partial charge in [0.25, 0.3) is 5.79 Å². The molecule has 22 heavy (non-hydrogen) atoms. The van der Waals surface area contributed by atoms with E-state index in [1.165, 1.54) is 6.42 Å². The lowest BCUT2D eigenvalue weighted by Crippen LogP contribution is -2.49. The Balaban J connectivity index is 1.42. The van der Waals surface area contributed by atoms with Gasteiger partial charge in [0.15, 0.2) is 5.92 Å². The highest BCUT2D eigenvalue weighted by atomic mass is 79.9. The summed E-state index contributed by atoms with van der Waals surface area (Å²) >= 11 is 3.95. The zero-order valence-corrected chi connectivity index (χ0v) is 14.2. The SMILES string of the molecule is CC1(C)OC(=O)C(C2C3C4C(Br)C5C3[C@H]3C[C@@H]5C4C23)C(=O)O1. The van der Waals surface area contributed by atoms with Crippen molar-refractivity contribution in [2.75, 3.05) is 0 Å². The molecule has 0 spiro atoms. The third-order valence-electron chi connectivity index (χ3n) is 7.95. The molecule has 0 amide bonds. The van der Waals surface area contributed by atoms with Crippen LogP contribution in [0.25, 0.3) is 0 Å². The Kier molecular flexibility index (Phi) is 1.99. The number of ether oxygens (including phenoxy) is 2. The van der Waals surface area contributed by atoms with Gasteiger partial charge in [0.2, 0.25) is 0 Å². The Bertz CT molecular complexity index is 608. The maximum absolute atomic E-state index is 12.5. The van der Waals surface area contributed by atoms with E-state index in [1.54, 1.807) is 13.8 Å². The minimum Gasteiger partial charge on any atom is -0.422 e. The van der Waals surface area contributed by atoms with Crippen molar-refractivity contribution < 1.29 is 19.1 Å². The van der Waals surface area contributed by atoms with Crippen molar-refractivity contribution in [2.45, 2.75) is 30.9 Å². The smallest absolute Gasteiger partial charge is 0.323 e. The van der Waals surface area contributed by atoms with Gasteiger partial charge in [-0.15, -0.1) is 0 Å². The minimum absolute atomic E-state index is 0.179. The molecule has 6 aliphatic carbocycles. The lowest BCUT2D eigenvalue weighted by Gasteiger charge is -2.36. The fourth-order valence-electron chi connectivity index (χ4n) is 8.12. The fourth-order valence-corrected chi connectivity index (χ4v) is 9.57. The summed E-state index contributed by atoms with van der Waals surface area (Å²) < 4.78 is 10.8. The number of hydrogen-bond acceptors (Lipinski definition) is 4. The van der Waals surface area contributed by atoms with Crippen LogP contribution in [0.4, 0.5) is 0 Å². The molecule has 0 aromatic carbocycles. The highest BCUT2D eigenvalue weighted by molar-refractivity contribution is 9.09. The van der Waals surface area contributed by atoms with Gasteiger partial charge in [-0.3, -0.25) is 9.59 Å². The molecule has 1 saturated heterocycles. The summed E-state index contributed by atoms with van der Waals surface area (Å²) in [6, 6.07) is 0. The number of carbonyl (C=O) groups excluding carboxylic acids is 2. The van der Waals surface area contributed by atoms with Gasteiger partial charge in [0, 0.05) is 18.7 Å². The van der Waals surface area contributed by atoms with Crippen LogP contribution < -0.4 is 0 Å². The standard InChI is InChI=1S/C17H19BrO4/c1-17(2)21-15(19)13(16(20)22-17)11-6-4-3-5-7(6)12-10(11)8(4)9(5)14(12)18/h4-14H,3H2,1-2H3/t4-,5+,6?,7?,8?,9?,10?,11?,12?,14?/m0/s1. The van der Waals surface area contributed by atoms with E-state index in [9.17, 15) is 9.59 Å². The molecule has 10 atom stereocenters. The first-order valence-corrected chi connectivity index (χ1v) is 9.42. The second-order valence-electron chi connectivity index (χ2n) is 8.77. The van der Waals surface area contributed by atoms with Crippen LogP contribution in [0, 0.1) is 59.2 Å². The van der Waals surface area contributed by atoms with Gasteiger partial charge < -0.3 is 9.47 Å². The number of carbonyl (C=O) groups is 2. The number of halogens is 1. The van der Waals surface area contributed by atoms with Gasteiger partial charge in [-0.2, -0.15) is 0 Å². The van der Waals surface area contributed by atoms with Crippen molar-refractivity contribution in [3.8, 4) is 0 Å². The molecule has 7 rings (SSSR count). The van der Waals surface area contributed by atoms with Crippen molar-refractivity contribution in [2.24, 2.45) is 59.2 Å². The number of cyclic esters (lactones) is 2. The first kappa shape index (κ1) is 12.8. The molecule has 4 nitrogen and oxygen atoms in total. The average Bonchev–Trinajstić information content (AvgIpc) is 3.10. The van der Waals surface area contributed by atoms with E-state index in [-0.39, 0.29) is 17.9 Å². The lowest BCUT2D eigenvalue weighted by molar-refractivity contribution is -0.243. The van der Waals surface area contributed by atoms with Crippen molar-refractivity contribution in [3.63, 3.8) is 0 Å². The Morgan fingerprint density at radius 2 is 1.41 bits per heavy atom. The topological polar surface area (TPSA) is 52.6 Å². The summed E-state index contributed by atoms with van der Waals surface area (Å²) in [6.07, 6.45) is 1.33. The van der Waals surface area contributed by atoms with Gasteiger partial charge >= 0.3 is 11.9 Å². The Labute approximate surface area is 137 Å². The molecule has 8 unspecified atom stereocenters.